The second kappa shape index (κ2) is 5.51. The van der Waals surface area contributed by atoms with Crippen molar-refractivity contribution in [2.75, 3.05) is 0 Å². The molecule has 1 aromatic heterocycles. The second-order valence-electron chi connectivity index (χ2n) is 3.87. The van der Waals surface area contributed by atoms with Crippen LogP contribution in [0.2, 0.25) is 5.15 Å². The first-order chi connectivity index (χ1) is 9.11. The standard InChI is InChI=1S/C14H9ClN2O2/c15-13-11(14(18)19)5-6-12(17-13)10-3-1-9(2-4-10)7-8-16/h1-6H,7H2,(H,18,19). The zero-order valence-corrected chi connectivity index (χ0v) is 10.6. The smallest absolute Gasteiger partial charge is 0.338 e. The largest absolute Gasteiger partial charge is 0.478 e. The minimum absolute atomic E-state index is 0.0217. The van der Waals surface area contributed by atoms with Crippen LogP contribution in [0.15, 0.2) is 36.4 Å². The number of rotatable bonds is 3. The molecule has 94 valence electrons. The van der Waals surface area contributed by atoms with E-state index in [1.807, 2.05) is 24.3 Å². The molecule has 1 aromatic carbocycles. The summed E-state index contributed by atoms with van der Waals surface area (Å²) in [6, 6.07) is 12.4. The normalized spacial score (nSPS) is 9.89. The number of carboxylic acid groups (broad SMARTS) is 1. The van der Waals surface area contributed by atoms with Gasteiger partial charge in [0.1, 0.15) is 5.15 Å². The van der Waals surface area contributed by atoms with Crippen LogP contribution in [0, 0.1) is 11.3 Å². The van der Waals surface area contributed by atoms with E-state index >= 15 is 0 Å². The molecular weight excluding hydrogens is 264 g/mol. The van der Waals surface area contributed by atoms with Crippen molar-refractivity contribution in [2.24, 2.45) is 0 Å². The number of nitrogens with zero attached hydrogens (tertiary/aromatic N) is 2. The topological polar surface area (TPSA) is 74.0 Å². The summed E-state index contributed by atoms with van der Waals surface area (Å²) in [5, 5.41) is 17.4. The fraction of sp³-hybridized carbons (Fsp3) is 0.0714. The van der Waals surface area contributed by atoms with Crippen LogP contribution >= 0.6 is 11.6 Å². The van der Waals surface area contributed by atoms with Crippen LogP contribution in [-0.2, 0) is 6.42 Å². The van der Waals surface area contributed by atoms with Gasteiger partial charge in [0.25, 0.3) is 0 Å². The van der Waals surface area contributed by atoms with Crippen LogP contribution in [0.25, 0.3) is 11.3 Å². The molecule has 0 fully saturated rings. The van der Waals surface area contributed by atoms with Gasteiger partial charge >= 0.3 is 5.97 Å². The molecule has 4 nitrogen and oxygen atoms in total. The summed E-state index contributed by atoms with van der Waals surface area (Å²) in [6.45, 7) is 0. The number of hydrogen-bond acceptors (Lipinski definition) is 3. The molecular formula is C14H9ClN2O2. The number of aromatic nitrogens is 1. The van der Waals surface area contributed by atoms with E-state index in [-0.39, 0.29) is 10.7 Å². The molecule has 0 aliphatic heterocycles. The summed E-state index contributed by atoms with van der Waals surface area (Å²) in [7, 11) is 0. The molecule has 0 saturated heterocycles. The van der Waals surface area contributed by atoms with Crippen molar-refractivity contribution in [2.45, 2.75) is 6.42 Å². The maximum absolute atomic E-state index is 10.8. The monoisotopic (exact) mass is 272 g/mol. The number of hydrogen-bond donors (Lipinski definition) is 1. The number of aromatic carboxylic acids is 1. The predicted molar refractivity (Wildman–Crippen MR) is 71.0 cm³/mol. The van der Waals surface area contributed by atoms with E-state index in [0.29, 0.717) is 12.1 Å². The molecule has 2 rings (SSSR count). The van der Waals surface area contributed by atoms with Crippen molar-refractivity contribution in [3.05, 3.63) is 52.7 Å². The van der Waals surface area contributed by atoms with Crippen molar-refractivity contribution >= 4 is 17.6 Å². The van der Waals surface area contributed by atoms with Crippen LogP contribution in [0.1, 0.15) is 15.9 Å². The van der Waals surface area contributed by atoms with Crippen LogP contribution in [0.3, 0.4) is 0 Å². The number of nitriles is 1. The van der Waals surface area contributed by atoms with E-state index in [9.17, 15) is 4.79 Å². The summed E-state index contributed by atoms with van der Waals surface area (Å²) in [5.41, 5.74) is 2.31. The molecule has 0 radical (unpaired) electrons. The van der Waals surface area contributed by atoms with Crippen molar-refractivity contribution in [3.63, 3.8) is 0 Å². The van der Waals surface area contributed by atoms with Gasteiger partial charge in [-0.25, -0.2) is 9.78 Å². The molecule has 0 aliphatic rings. The van der Waals surface area contributed by atoms with Crippen LogP contribution < -0.4 is 0 Å². The predicted octanol–water partition coefficient (Wildman–Crippen LogP) is 3.17. The van der Waals surface area contributed by atoms with Gasteiger partial charge in [-0.05, 0) is 17.7 Å². The fourth-order valence-corrected chi connectivity index (χ4v) is 1.87. The highest BCUT2D eigenvalue weighted by atomic mass is 35.5. The highest BCUT2D eigenvalue weighted by molar-refractivity contribution is 6.32. The van der Waals surface area contributed by atoms with Gasteiger partial charge in [-0.3, -0.25) is 0 Å². The highest BCUT2D eigenvalue weighted by Gasteiger charge is 2.11. The Bertz CT molecular complexity index is 660. The average molecular weight is 273 g/mol. The average Bonchev–Trinajstić information content (AvgIpc) is 2.39. The number of halogens is 1. The van der Waals surface area contributed by atoms with E-state index in [4.69, 9.17) is 22.0 Å². The third kappa shape index (κ3) is 2.90. The van der Waals surface area contributed by atoms with E-state index in [2.05, 4.69) is 11.1 Å². The fourth-order valence-electron chi connectivity index (χ4n) is 1.64. The molecule has 0 amide bonds. The van der Waals surface area contributed by atoms with Crippen LogP contribution in [0.5, 0.6) is 0 Å². The lowest BCUT2D eigenvalue weighted by molar-refractivity contribution is 0.0696. The molecule has 0 aliphatic carbocycles. The zero-order valence-electron chi connectivity index (χ0n) is 9.80. The minimum atomic E-state index is -1.10. The number of carboxylic acids is 1. The van der Waals surface area contributed by atoms with Crippen LogP contribution in [-0.4, -0.2) is 16.1 Å². The molecule has 5 heteroatoms. The lowest BCUT2D eigenvalue weighted by Gasteiger charge is -2.04. The second-order valence-corrected chi connectivity index (χ2v) is 4.23. The Kier molecular flexibility index (Phi) is 3.79. The molecule has 0 bridgehead atoms. The third-order valence-corrected chi connectivity index (χ3v) is 2.90. The summed E-state index contributed by atoms with van der Waals surface area (Å²) in [6.07, 6.45) is 0.354. The summed E-state index contributed by atoms with van der Waals surface area (Å²) in [5.74, 6) is -1.10. The minimum Gasteiger partial charge on any atom is -0.478 e. The van der Waals surface area contributed by atoms with Crippen molar-refractivity contribution < 1.29 is 9.90 Å². The third-order valence-electron chi connectivity index (χ3n) is 2.61. The molecule has 0 unspecified atom stereocenters. The molecule has 0 spiro atoms. The van der Waals surface area contributed by atoms with Gasteiger partial charge in [-0.1, -0.05) is 35.9 Å². The Labute approximate surface area is 114 Å². The lowest BCUT2D eigenvalue weighted by atomic mass is 10.1. The van der Waals surface area contributed by atoms with Crippen molar-refractivity contribution in [3.8, 4) is 17.3 Å². The number of benzene rings is 1. The van der Waals surface area contributed by atoms with E-state index in [1.54, 1.807) is 6.07 Å². The SMILES string of the molecule is N#CCc1ccc(-c2ccc(C(=O)O)c(Cl)n2)cc1. The zero-order chi connectivity index (χ0) is 13.8. The quantitative estimate of drug-likeness (QED) is 0.871. The van der Waals surface area contributed by atoms with Crippen LogP contribution in [0.4, 0.5) is 0 Å². The van der Waals surface area contributed by atoms with E-state index in [1.165, 1.54) is 6.07 Å². The Morgan fingerprint density at radius 3 is 2.47 bits per heavy atom. The Balaban J connectivity index is 2.34. The molecule has 19 heavy (non-hydrogen) atoms. The maximum Gasteiger partial charge on any atom is 0.338 e. The van der Waals surface area contributed by atoms with Gasteiger partial charge in [-0.15, -0.1) is 0 Å². The molecule has 1 N–H and O–H groups in total. The molecule has 2 aromatic rings. The van der Waals surface area contributed by atoms with E-state index < -0.39 is 5.97 Å². The maximum atomic E-state index is 10.8. The highest BCUT2D eigenvalue weighted by Crippen LogP contribution is 2.22. The van der Waals surface area contributed by atoms with Crippen molar-refractivity contribution in [1.29, 1.82) is 5.26 Å². The Morgan fingerprint density at radius 1 is 1.26 bits per heavy atom. The van der Waals surface area contributed by atoms with Gasteiger partial charge in [-0.2, -0.15) is 5.26 Å². The number of pyridine rings is 1. The first kappa shape index (κ1) is 13.1. The summed E-state index contributed by atoms with van der Waals surface area (Å²) >= 11 is 5.82. The number of carbonyl (C=O) groups is 1. The Hall–Kier alpha value is -2.38. The molecule has 1 heterocycles. The van der Waals surface area contributed by atoms with Gasteiger partial charge in [0.15, 0.2) is 0 Å². The van der Waals surface area contributed by atoms with Gasteiger partial charge in [0, 0.05) is 5.56 Å². The molecule has 0 atom stereocenters. The van der Waals surface area contributed by atoms with Gasteiger partial charge in [0.05, 0.1) is 23.7 Å². The van der Waals surface area contributed by atoms with Crippen molar-refractivity contribution in [1.82, 2.24) is 4.98 Å². The van der Waals surface area contributed by atoms with Gasteiger partial charge < -0.3 is 5.11 Å². The van der Waals surface area contributed by atoms with E-state index in [0.717, 1.165) is 11.1 Å². The Morgan fingerprint density at radius 2 is 1.95 bits per heavy atom. The molecule has 0 saturated carbocycles. The lowest BCUT2D eigenvalue weighted by Crippen LogP contribution is -1.99. The summed E-state index contributed by atoms with van der Waals surface area (Å²) < 4.78 is 0. The summed E-state index contributed by atoms with van der Waals surface area (Å²) in [4.78, 5) is 14.9. The first-order valence-electron chi connectivity index (χ1n) is 5.48. The van der Waals surface area contributed by atoms with Gasteiger partial charge in [0.2, 0.25) is 0 Å². The first-order valence-corrected chi connectivity index (χ1v) is 5.85.